The van der Waals surface area contributed by atoms with Crippen molar-refractivity contribution < 1.29 is 19.1 Å². The van der Waals surface area contributed by atoms with Crippen molar-refractivity contribution in [1.29, 1.82) is 0 Å². The number of allylic oxidation sites excluding steroid dienone is 3. The fourth-order valence-corrected chi connectivity index (χ4v) is 4.67. The molecule has 0 saturated carbocycles. The van der Waals surface area contributed by atoms with Gasteiger partial charge in [0.1, 0.15) is 12.4 Å². The molecule has 0 spiro atoms. The van der Waals surface area contributed by atoms with E-state index in [2.05, 4.69) is 19.2 Å². The van der Waals surface area contributed by atoms with Gasteiger partial charge in [-0.3, -0.25) is 4.79 Å². The lowest BCUT2D eigenvalue weighted by atomic mass is 9.68. The zero-order valence-corrected chi connectivity index (χ0v) is 19.0. The highest BCUT2D eigenvalue weighted by atomic mass is 16.5. The van der Waals surface area contributed by atoms with Crippen molar-refractivity contribution in [2.45, 2.75) is 46.1 Å². The van der Waals surface area contributed by atoms with Gasteiger partial charge in [-0.25, -0.2) is 4.79 Å². The minimum atomic E-state index is -0.484. The maximum atomic E-state index is 13.3. The van der Waals surface area contributed by atoms with E-state index in [-0.39, 0.29) is 11.2 Å². The van der Waals surface area contributed by atoms with Crippen molar-refractivity contribution in [3.05, 3.63) is 88.3 Å². The molecule has 1 heterocycles. The molecule has 5 nitrogen and oxygen atoms in total. The summed E-state index contributed by atoms with van der Waals surface area (Å²) in [5, 5.41) is 3.34. The number of hydrogen-bond acceptors (Lipinski definition) is 5. The molecule has 1 aliphatic heterocycles. The first-order chi connectivity index (χ1) is 15.3. The minimum Gasteiger partial charge on any atom is -0.489 e. The Kier molecular flexibility index (Phi) is 5.92. The Labute approximate surface area is 189 Å². The molecule has 1 aliphatic carbocycles. The molecule has 0 radical (unpaired) electrons. The summed E-state index contributed by atoms with van der Waals surface area (Å²) in [5.74, 6) is -0.155. The molecule has 0 bridgehead atoms. The van der Waals surface area contributed by atoms with E-state index in [0.717, 1.165) is 28.9 Å². The third kappa shape index (κ3) is 4.33. The van der Waals surface area contributed by atoms with Crippen LogP contribution in [0, 0.1) is 5.41 Å². The number of benzene rings is 2. The molecule has 32 heavy (non-hydrogen) atoms. The number of carbonyl (C=O) groups is 2. The van der Waals surface area contributed by atoms with Crippen LogP contribution in [-0.4, -0.2) is 18.9 Å². The van der Waals surface area contributed by atoms with Crippen LogP contribution in [0.15, 0.2) is 77.1 Å². The zero-order chi connectivity index (χ0) is 22.9. The van der Waals surface area contributed by atoms with Gasteiger partial charge >= 0.3 is 5.97 Å². The maximum absolute atomic E-state index is 13.3. The molecule has 2 aliphatic rings. The Morgan fingerprint density at radius 2 is 1.84 bits per heavy atom. The second-order valence-electron chi connectivity index (χ2n) is 9.27. The third-order valence-electron chi connectivity index (χ3n) is 6.08. The molecule has 1 unspecified atom stereocenters. The van der Waals surface area contributed by atoms with Crippen molar-refractivity contribution in [1.82, 2.24) is 5.32 Å². The maximum Gasteiger partial charge on any atom is 0.336 e. The standard InChI is InChI=1S/C27H29NO4/c1-17-23(26(30)31-4)24(25-21(28-17)14-27(2,3)15-22(25)29)19-11-8-12-20(13-19)32-16-18-9-6-5-7-10-18/h5-13,24,28H,14-16H2,1-4H3. The highest BCUT2D eigenvalue weighted by molar-refractivity contribution is 6.04. The van der Waals surface area contributed by atoms with Gasteiger partial charge in [0.05, 0.1) is 12.7 Å². The van der Waals surface area contributed by atoms with Gasteiger partial charge in [0, 0.05) is 29.3 Å². The van der Waals surface area contributed by atoms with Gasteiger partial charge in [-0.15, -0.1) is 0 Å². The highest BCUT2D eigenvalue weighted by Crippen LogP contribution is 2.47. The Balaban J connectivity index is 1.74. The minimum absolute atomic E-state index is 0.0678. The predicted octanol–water partition coefficient (Wildman–Crippen LogP) is 5.04. The van der Waals surface area contributed by atoms with Crippen molar-refractivity contribution in [3.8, 4) is 5.75 Å². The number of rotatable bonds is 5. The first-order valence-electron chi connectivity index (χ1n) is 10.9. The molecule has 4 rings (SSSR count). The lowest BCUT2D eigenvalue weighted by Gasteiger charge is -2.39. The summed E-state index contributed by atoms with van der Waals surface area (Å²) in [6.07, 6.45) is 1.20. The number of methoxy groups -OCH3 is 1. The number of dihydropyridines is 1. The second kappa shape index (κ2) is 8.65. The Bertz CT molecular complexity index is 1110. The summed E-state index contributed by atoms with van der Waals surface area (Å²) < 4.78 is 11.1. The van der Waals surface area contributed by atoms with Gasteiger partial charge in [-0.05, 0) is 42.0 Å². The average Bonchev–Trinajstić information content (AvgIpc) is 2.76. The summed E-state index contributed by atoms with van der Waals surface area (Å²) in [5.41, 5.74) is 4.54. The normalized spacial score (nSPS) is 19.9. The fourth-order valence-electron chi connectivity index (χ4n) is 4.67. The lowest BCUT2D eigenvalue weighted by molar-refractivity contribution is -0.136. The highest BCUT2D eigenvalue weighted by Gasteiger charge is 2.43. The van der Waals surface area contributed by atoms with Gasteiger partial charge < -0.3 is 14.8 Å². The van der Waals surface area contributed by atoms with Crippen molar-refractivity contribution in [2.75, 3.05) is 7.11 Å². The molecule has 5 heteroatoms. The van der Waals surface area contributed by atoms with Crippen LogP contribution in [0.5, 0.6) is 5.75 Å². The van der Waals surface area contributed by atoms with Gasteiger partial charge in [0.15, 0.2) is 5.78 Å². The molecule has 0 fully saturated rings. The van der Waals surface area contributed by atoms with E-state index in [9.17, 15) is 9.59 Å². The molecule has 2 aromatic rings. The number of Topliss-reactive ketones (excluding diaryl/α,β-unsaturated/α-hetero) is 1. The van der Waals surface area contributed by atoms with Gasteiger partial charge in [-0.1, -0.05) is 56.3 Å². The molecule has 166 valence electrons. The predicted molar refractivity (Wildman–Crippen MR) is 123 cm³/mol. The number of nitrogens with one attached hydrogen (secondary N) is 1. The monoisotopic (exact) mass is 431 g/mol. The summed E-state index contributed by atoms with van der Waals surface area (Å²) in [7, 11) is 1.37. The number of carbonyl (C=O) groups excluding carboxylic acids is 2. The van der Waals surface area contributed by atoms with Crippen LogP contribution in [0.2, 0.25) is 0 Å². The van der Waals surface area contributed by atoms with Gasteiger partial charge in [0.2, 0.25) is 0 Å². The quantitative estimate of drug-likeness (QED) is 0.672. The van der Waals surface area contributed by atoms with E-state index in [1.54, 1.807) is 0 Å². The van der Waals surface area contributed by atoms with E-state index in [1.807, 2.05) is 61.5 Å². The van der Waals surface area contributed by atoms with Crippen LogP contribution < -0.4 is 10.1 Å². The Morgan fingerprint density at radius 3 is 2.56 bits per heavy atom. The van der Waals surface area contributed by atoms with Crippen LogP contribution in [0.4, 0.5) is 0 Å². The second-order valence-corrected chi connectivity index (χ2v) is 9.27. The van der Waals surface area contributed by atoms with Crippen LogP contribution in [0.1, 0.15) is 50.7 Å². The summed E-state index contributed by atoms with van der Waals surface area (Å²) in [6, 6.07) is 17.6. The molecule has 1 atom stereocenters. The van der Waals surface area contributed by atoms with Gasteiger partial charge in [0.25, 0.3) is 0 Å². The van der Waals surface area contributed by atoms with Crippen molar-refractivity contribution in [2.24, 2.45) is 5.41 Å². The van der Waals surface area contributed by atoms with E-state index >= 15 is 0 Å². The van der Waals surface area contributed by atoms with E-state index < -0.39 is 11.9 Å². The summed E-state index contributed by atoms with van der Waals surface area (Å²) in [6.45, 7) is 6.50. The molecular weight excluding hydrogens is 402 g/mol. The van der Waals surface area contributed by atoms with E-state index in [4.69, 9.17) is 9.47 Å². The van der Waals surface area contributed by atoms with Gasteiger partial charge in [-0.2, -0.15) is 0 Å². The van der Waals surface area contributed by atoms with Crippen LogP contribution in [0.3, 0.4) is 0 Å². The topological polar surface area (TPSA) is 64.6 Å². The number of hydrogen-bond donors (Lipinski definition) is 1. The molecule has 0 aromatic heterocycles. The number of esters is 1. The van der Waals surface area contributed by atoms with Crippen LogP contribution in [0.25, 0.3) is 0 Å². The summed E-state index contributed by atoms with van der Waals surface area (Å²) in [4.78, 5) is 26.1. The zero-order valence-electron chi connectivity index (χ0n) is 19.0. The molecule has 1 N–H and O–H groups in total. The first-order valence-corrected chi connectivity index (χ1v) is 10.9. The molecule has 0 saturated heterocycles. The molecular formula is C27H29NO4. The van der Waals surface area contributed by atoms with Crippen molar-refractivity contribution in [3.63, 3.8) is 0 Å². The van der Waals surface area contributed by atoms with Crippen molar-refractivity contribution >= 4 is 11.8 Å². The van der Waals surface area contributed by atoms with E-state index in [0.29, 0.717) is 29.9 Å². The SMILES string of the molecule is COC(=O)C1=C(C)NC2=C(C(=O)CC(C)(C)C2)C1c1cccc(OCc2ccccc2)c1. The summed E-state index contributed by atoms with van der Waals surface area (Å²) >= 11 is 0. The Morgan fingerprint density at radius 1 is 1.09 bits per heavy atom. The van der Waals surface area contributed by atoms with E-state index in [1.165, 1.54) is 7.11 Å². The average molecular weight is 432 g/mol. The Hall–Kier alpha value is -3.34. The smallest absolute Gasteiger partial charge is 0.336 e. The molecule has 2 aromatic carbocycles. The van der Waals surface area contributed by atoms with Crippen LogP contribution in [-0.2, 0) is 20.9 Å². The molecule has 0 amide bonds. The first kappa shape index (κ1) is 21.9. The largest absolute Gasteiger partial charge is 0.489 e. The fraction of sp³-hybridized carbons (Fsp3) is 0.333. The van der Waals surface area contributed by atoms with Crippen LogP contribution >= 0.6 is 0 Å². The third-order valence-corrected chi connectivity index (χ3v) is 6.08. The lowest BCUT2D eigenvalue weighted by Crippen LogP contribution is -2.38. The number of ketones is 1. The number of ether oxygens (including phenoxy) is 2.